The van der Waals surface area contributed by atoms with Crippen LogP contribution in [0.4, 0.5) is 0 Å². The largest absolute Gasteiger partial charge is 0.497 e. The molecule has 1 aromatic carbocycles. The van der Waals surface area contributed by atoms with Gasteiger partial charge in [0.25, 0.3) is 0 Å². The van der Waals surface area contributed by atoms with Crippen LogP contribution in [-0.2, 0) is 4.79 Å². The first kappa shape index (κ1) is 19.8. The van der Waals surface area contributed by atoms with E-state index in [-0.39, 0.29) is 37.0 Å². The zero-order valence-corrected chi connectivity index (χ0v) is 15.3. The second-order valence-corrected chi connectivity index (χ2v) is 6.44. The van der Waals surface area contributed by atoms with Crippen LogP contribution in [0.1, 0.15) is 25.7 Å². The molecule has 2 saturated heterocycles. The van der Waals surface area contributed by atoms with Crippen LogP contribution in [0.3, 0.4) is 0 Å². The quantitative estimate of drug-likeness (QED) is 0.796. The molecule has 1 amide bonds. The molecule has 0 aliphatic carbocycles. The molecule has 2 fully saturated rings. The molecule has 0 spiro atoms. The van der Waals surface area contributed by atoms with E-state index in [1.165, 1.54) is 0 Å². The number of aliphatic hydroxyl groups is 1. The average molecular weight is 371 g/mol. The number of carbonyl (C=O) groups excluding carboxylic acids is 1. The molecule has 0 radical (unpaired) electrons. The topological polar surface area (TPSA) is 71.0 Å². The lowest BCUT2D eigenvalue weighted by Crippen LogP contribution is -2.50. The predicted octanol–water partition coefficient (Wildman–Crippen LogP) is 1.60. The lowest BCUT2D eigenvalue weighted by molar-refractivity contribution is -0.136. The van der Waals surface area contributed by atoms with Crippen molar-refractivity contribution in [2.24, 2.45) is 0 Å². The number of amides is 1. The SMILES string of the molecule is COc1ccc(OCC(O)[C@@H]2CCCN2C(=O)[C@H]2CCCN2)cc1.Cl. The van der Waals surface area contributed by atoms with Gasteiger partial charge in [0.15, 0.2) is 0 Å². The Morgan fingerprint density at radius 1 is 1.28 bits per heavy atom. The highest BCUT2D eigenvalue weighted by molar-refractivity contribution is 5.85. The predicted molar refractivity (Wildman–Crippen MR) is 97.5 cm³/mol. The minimum atomic E-state index is -0.681. The zero-order valence-electron chi connectivity index (χ0n) is 14.5. The third-order valence-corrected chi connectivity index (χ3v) is 4.87. The Morgan fingerprint density at radius 3 is 2.64 bits per heavy atom. The molecule has 3 rings (SSSR count). The summed E-state index contributed by atoms with van der Waals surface area (Å²) in [5, 5.41) is 13.8. The lowest BCUT2D eigenvalue weighted by atomic mass is 10.1. The molecule has 1 unspecified atom stereocenters. The number of likely N-dealkylation sites (tertiary alicyclic amines) is 1. The van der Waals surface area contributed by atoms with Crippen LogP contribution in [0.2, 0.25) is 0 Å². The van der Waals surface area contributed by atoms with Crippen LogP contribution in [0.15, 0.2) is 24.3 Å². The summed E-state index contributed by atoms with van der Waals surface area (Å²) in [5.74, 6) is 1.57. The summed E-state index contributed by atoms with van der Waals surface area (Å²) in [6, 6.07) is 7.02. The van der Waals surface area contributed by atoms with E-state index in [0.29, 0.717) is 5.75 Å². The average Bonchev–Trinajstić information content (AvgIpc) is 3.31. The highest BCUT2D eigenvalue weighted by Gasteiger charge is 2.37. The zero-order chi connectivity index (χ0) is 16.9. The van der Waals surface area contributed by atoms with Crippen LogP contribution in [0.5, 0.6) is 11.5 Å². The van der Waals surface area contributed by atoms with E-state index in [4.69, 9.17) is 9.47 Å². The van der Waals surface area contributed by atoms with Crippen LogP contribution >= 0.6 is 12.4 Å². The van der Waals surface area contributed by atoms with Crippen molar-refractivity contribution in [1.29, 1.82) is 0 Å². The molecule has 25 heavy (non-hydrogen) atoms. The molecule has 2 aliphatic rings. The van der Waals surface area contributed by atoms with Gasteiger partial charge in [0.1, 0.15) is 24.2 Å². The van der Waals surface area contributed by atoms with E-state index < -0.39 is 6.10 Å². The molecule has 2 N–H and O–H groups in total. The van der Waals surface area contributed by atoms with Crippen LogP contribution < -0.4 is 14.8 Å². The van der Waals surface area contributed by atoms with Crippen molar-refractivity contribution in [2.45, 2.75) is 43.9 Å². The van der Waals surface area contributed by atoms with Gasteiger partial charge in [-0.05, 0) is 56.5 Å². The smallest absolute Gasteiger partial charge is 0.240 e. The molecule has 0 saturated carbocycles. The van der Waals surface area contributed by atoms with Gasteiger partial charge in [-0.2, -0.15) is 0 Å². The van der Waals surface area contributed by atoms with Gasteiger partial charge < -0.3 is 24.8 Å². The number of benzene rings is 1. The number of nitrogens with zero attached hydrogens (tertiary/aromatic N) is 1. The monoisotopic (exact) mass is 370 g/mol. The Bertz CT molecular complexity index is 549. The van der Waals surface area contributed by atoms with Gasteiger partial charge in [0.2, 0.25) is 5.91 Å². The maximum atomic E-state index is 12.6. The number of hydrogen-bond acceptors (Lipinski definition) is 5. The highest BCUT2D eigenvalue weighted by Crippen LogP contribution is 2.24. The molecular weight excluding hydrogens is 344 g/mol. The Balaban J connectivity index is 0.00000225. The first-order chi connectivity index (χ1) is 11.7. The molecule has 6 nitrogen and oxygen atoms in total. The number of rotatable bonds is 6. The molecular formula is C18H27ClN2O4. The number of ether oxygens (including phenoxy) is 2. The van der Waals surface area contributed by atoms with Crippen molar-refractivity contribution >= 4 is 18.3 Å². The van der Waals surface area contributed by atoms with E-state index in [1.54, 1.807) is 7.11 Å². The van der Waals surface area contributed by atoms with E-state index in [2.05, 4.69) is 5.32 Å². The van der Waals surface area contributed by atoms with Crippen LogP contribution in [-0.4, -0.2) is 60.9 Å². The second kappa shape index (κ2) is 9.27. The van der Waals surface area contributed by atoms with Gasteiger partial charge in [-0.1, -0.05) is 0 Å². The van der Waals surface area contributed by atoms with Gasteiger partial charge in [0, 0.05) is 6.54 Å². The maximum Gasteiger partial charge on any atom is 0.240 e. The lowest BCUT2D eigenvalue weighted by Gasteiger charge is -2.30. The Labute approximate surface area is 154 Å². The van der Waals surface area contributed by atoms with Gasteiger partial charge in [-0.25, -0.2) is 0 Å². The minimum absolute atomic E-state index is 0. The summed E-state index contributed by atoms with van der Waals surface area (Å²) in [7, 11) is 1.62. The van der Waals surface area contributed by atoms with Gasteiger partial charge in [0.05, 0.1) is 19.2 Å². The summed E-state index contributed by atoms with van der Waals surface area (Å²) < 4.78 is 10.8. The molecule has 3 atom stereocenters. The summed E-state index contributed by atoms with van der Waals surface area (Å²) >= 11 is 0. The second-order valence-electron chi connectivity index (χ2n) is 6.44. The third-order valence-electron chi connectivity index (χ3n) is 4.87. The maximum absolute atomic E-state index is 12.6. The van der Waals surface area contributed by atoms with E-state index in [0.717, 1.165) is 44.5 Å². The van der Waals surface area contributed by atoms with Crippen molar-refractivity contribution in [2.75, 3.05) is 26.8 Å². The molecule has 0 bridgehead atoms. The number of nitrogens with one attached hydrogen (secondary N) is 1. The number of methoxy groups -OCH3 is 1. The standard InChI is InChI=1S/C18H26N2O4.ClH/c1-23-13-6-8-14(9-7-13)24-12-17(21)16-5-3-11-20(16)18(22)15-4-2-10-19-15;/h6-9,15-17,19,21H,2-5,10-12H2,1H3;1H/t15-,16+,17?;/m1./s1. The summed E-state index contributed by atoms with van der Waals surface area (Å²) in [6.45, 7) is 1.80. The number of aliphatic hydroxyl groups excluding tert-OH is 1. The molecule has 1 aromatic rings. The van der Waals surface area contributed by atoms with Crippen molar-refractivity contribution < 1.29 is 19.4 Å². The van der Waals surface area contributed by atoms with Gasteiger partial charge in [-0.15, -0.1) is 12.4 Å². The fourth-order valence-electron chi connectivity index (χ4n) is 3.53. The van der Waals surface area contributed by atoms with E-state index >= 15 is 0 Å². The Kier molecular flexibility index (Phi) is 7.35. The number of hydrogen-bond donors (Lipinski definition) is 2. The van der Waals surface area contributed by atoms with Crippen molar-refractivity contribution in [3.63, 3.8) is 0 Å². The molecule has 7 heteroatoms. The van der Waals surface area contributed by atoms with Gasteiger partial charge >= 0.3 is 0 Å². The number of halogens is 1. The molecule has 0 aromatic heterocycles. The first-order valence-corrected chi connectivity index (χ1v) is 8.68. The van der Waals surface area contributed by atoms with E-state index in [1.807, 2.05) is 29.2 Å². The third kappa shape index (κ3) is 4.77. The van der Waals surface area contributed by atoms with Gasteiger partial charge in [-0.3, -0.25) is 4.79 Å². The minimum Gasteiger partial charge on any atom is -0.497 e. The van der Waals surface area contributed by atoms with Crippen molar-refractivity contribution in [1.82, 2.24) is 10.2 Å². The Hall–Kier alpha value is -1.50. The van der Waals surface area contributed by atoms with Crippen LogP contribution in [0, 0.1) is 0 Å². The normalized spacial score (nSPS) is 23.8. The Morgan fingerprint density at radius 2 is 2.00 bits per heavy atom. The molecule has 2 heterocycles. The first-order valence-electron chi connectivity index (χ1n) is 8.68. The fourth-order valence-corrected chi connectivity index (χ4v) is 3.53. The summed E-state index contributed by atoms with van der Waals surface area (Å²) in [6.07, 6.45) is 3.01. The molecule has 2 aliphatic heterocycles. The van der Waals surface area contributed by atoms with Crippen LogP contribution in [0.25, 0.3) is 0 Å². The summed E-state index contributed by atoms with van der Waals surface area (Å²) in [5.41, 5.74) is 0. The fraction of sp³-hybridized carbons (Fsp3) is 0.611. The van der Waals surface area contributed by atoms with E-state index in [9.17, 15) is 9.90 Å². The number of carbonyl (C=O) groups is 1. The van der Waals surface area contributed by atoms with Crippen molar-refractivity contribution in [3.05, 3.63) is 24.3 Å². The molecule has 140 valence electrons. The highest BCUT2D eigenvalue weighted by atomic mass is 35.5. The van der Waals surface area contributed by atoms with Crippen molar-refractivity contribution in [3.8, 4) is 11.5 Å². The summed E-state index contributed by atoms with van der Waals surface area (Å²) in [4.78, 5) is 14.4.